The summed E-state index contributed by atoms with van der Waals surface area (Å²) in [5, 5.41) is 10.2. The van der Waals surface area contributed by atoms with E-state index in [2.05, 4.69) is 20.9 Å². The summed E-state index contributed by atoms with van der Waals surface area (Å²) in [5.41, 5.74) is 4.51. The topological polar surface area (TPSA) is 77.2 Å². The normalized spacial score (nSPS) is 29.0. The summed E-state index contributed by atoms with van der Waals surface area (Å²) in [6, 6.07) is 9.59. The van der Waals surface area contributed by atoms with E-state index in [1.807, 2.05) is 61.9 Å². The van der Waals surface area contributed by atoms with Gasteiger partial charge < -0.3 is 14.4 Å². The maximum absolute atomic E-state index is 15.8. The third-order valence-electron chi connectivity index (χ3n) is 8.03. The third-order valence-corrected chi connectivity index (χ3v) is 8.74. The van der Waals surface area contributed by atoms with Crippen LogP contribution in [0.4, 0.5) is 4.39 Å². The summed E-state index contributed by atoms with van der Waals surface area (Å²) in [6.45, 7) is 6.51. The number of hydrogen-bond acceptors (Lipinski definition) is 4. The number of carbonyl (C=O) groups is 1. The zero-order chi connectivity index (χ0) is 25.4. The van der Waals surface area contributed by atoms with E-state index in [1.165, 1.54) is 0 Å². The van der Waals surface area contributed by atoms with Crippen LogP contribution in [0.15, 0.2) is 59.6 Å². The van der Waals surface area contributed by atoms with Gasteiger partial charge in [-0.1, -0.05) is 22.0 Å². The van der Waals surface area contributed by atoms with Gasteiger partial charge in [-0.3, -0.25) is 9.78 Å². The number of ether oxygens (including phenoxy) is 1. The smallest absolute Gasteiger partial charge is 0.307 e. The van der Waals surface area contributed by atoms with Gasteiger partial charge in [0.1, 0.15) is 24.0 Å². The zero-order valence-corrected chi connectivity index (χ0v) is 22.0. The third kappa shape index (κ3) is 3.44. The summed E-state index contributed by atoms with van der Waals surface area (Å²) in [7, 11) is 0. The van der Waals surface area contributed by atoms with Crippen LogP contribution in [0.1, 0.15) is 49.7 Å². The molecule has 0 bridgehead atoms. The first-order chi connectivity index (χ1) is 17.1. The van der Waals surface area contributed by atoms with Crippen molar-refractivity contribution in [2.24, 2.45) is 11.3 Å². The van der Waals surface area contributed by atoms with Crippen molar-refractivity contribution < 1.29 is 19.0 Å². The molecule has 0 fully saturated rings. The molecule has 0 radical (unpaired) electrons. The van der Waals surface area contributed by atoms with Crippen molar-refractivity contribution in [3.8, 4) is 5.75 Å². The number of aromatic nitrogens is 3. The number of alkyl halides is 1. The molecule has 3 aliphatic rings. The molecular weight excluding hydrogens is 525 g/mol. The first-order valence-electron chi connectivity index (χ1n) is 12.2. The van der Waals surface area contributed by atoms with Crippen molar-refractivity contribution in [2.45, 2.75) is 57.0 Å². The first-order valence-corrected chi connectivity index (χ1v) is 13.0. The molecule has 0 spiro atoms. The SMILES string of the molecule is Cc1ccc(COc2ccc3nc4n(c3c2)CC2(C)C(F)=CC(C)(Br)C3=C2[C@H]4[C@@H](C(=O)O)CC3)nc1. The highest BCUT2D eigenvalue weighted by Crippen LogP contribution is 2.61. The van der Waals surface area contributed by atoms with Gasteiger partial charge in [0.15, 0.2) is 0 Å². The number of carboxylic acid groups (broad SMARTS) is 1. The minimum Gasteiger partial charge on any atom is -0.487 e. The van der Waals surface area contributed by atoms with E-state index >= 15 is 4.39 Å². The van der Waals surface area contributed by atoms with Crippen molar-refractivity contribution in [3.05, 3.63) is 76.7 Å². The lowest BCUT2D eigenvalue weighted by Crippen LogP contribution is -2.47. The molecule has 2 aromatic heterocycles. The molecule has 6 rings (SSSR count). The van der Waals surface area contributed by atoms with Gasteiger partial charge in [0.25, 0.3) is 0 Å². The second-order valence-electron chi connectivity index (χ2n) is 10.6. The number of fused-ring (bicyclic) bond motifs is 4. The molecule has 36 heavy (non-hydrogen) atoms. The summed E-state index contributed by atoms with van der Waals surface area (Å²) in [4.78, 5) is 21.7. The van der Waals surface area contributed by atoms with E-state index in [-0.39, 0.29) is 5.83 Å². The second kappa shape index (κ2) is 8.00. The number of halogens is 2. The highest BCUT2D eigenvalue weighted by Gasteiger charge is 2.56. The lowest BCUT2D eigenvalue weighted by Gasteiger charge is -2.51. The van der Waals surface area contributed by atoms with Crippen LogP contribution in [0.2, 0.25) is 0 Å². The Morgan fingerprint density at radius 2 is 2.11 bits per heavy atom. The summed E-state index contributed by atoms with van der Waals surface area (Å²) >= 11 is 3.72. The Morgan fingerprint density at radius 1 is 1.31 bits per heavy atom. The van der Waals surface area contributed by atoms with Gasteiger partial charge in [0.05, 0.1) is 38.3 Å². The predicted octanol–water partition coefficient (Wildman–Crippen LogP) is 6.23. The Hall–Kier alpha value is -3.00. The monoisotopic (exact) mass is 551 g/mol. The lowest BCUT2D eigenvalue weighted by molar-refractivity contribution is -0.143. The van der Waals surface area contributed by atoms with Crippen LogP contribution in [-0.2, 0) is 17.9 Å². The van der Waals surface area contributed by atoms with Gasteiger partial charge in [-0.05, 0) is 74.6 Å². The molecule has 3 heterocycles. The van der Waals surface area contributed by atoms with Gasteiger partial charge in [0, 0.05) is 18.8 Å². The molecule has 3 aromatic rings. The van der Waals surface area contributed by atoms with E-state index in [0.29, 0.717) is 37.6 Å². The van der Waals surface area contributed by atoms with Gasteiger partial charge in [0.2, 0.25) is 0 Å². The molecule has 2 unspecified atom stereocenters. The maximum Gasteiger partial charge on any atom is 0.307 e. The Balaban J connectivity index is 1.47. The molecule has 4 atom stereocenters. The lowest BCUT2D eigenvalue weighted by atomic mass is 9.58. The molecule has 1 aliphatic heterocycles. The minimum absolute atomic E-state index is 0.234. The quantitative estimate of drug-likeness (QED) is 0.307. The second-order valence-corrected chi connectivity index (χ2v) is 12.2. The van der Waals surface area contributed by atoms with Crippen molar-refractivity contribution >= 4 is 32.9 Å². The van der Waals surface area contributed by atoms with Gasteiger partial charge in [-0.25, -0.2) is 9.37 Å². The van der Waals surface area contributed by atoms with Gasteiger partial charge >= 0.3 is 5.97 Å². The Labute approximate surface area is 217 Å². The highest BCUT2D eigenvalue weighted by atomic mass is 79.9. The summed E-state index contributed by atoms with van der Waals surface area (Å²) < 4.78 is 23.2. The number of rotatable bonds is 4. The average Bonchev–Trinajstić information content (AvgIpc) is 3.19. The first kappa shape index (κ1) is 23.4. The average molecular weight is 552 g/mol. The van der Waals surface area contributed by atoms with E-state index in [9.17, 15) is 9.90 Å². The number of imidazole rings is 1. The standard InChI is InChI=1S/C28H27BrFN3O3/c1-15-4-5-16(31-12-15)13-36-17-6-9-20-21(10-17)33-14-27(2)22(30)11-28(3,29)19-8-7-18(26(34)35)23(24(19)27)25(33)32-20/h4-6,9-12,18,23H,7-8,13-14H2,1-3H3,(H,34,35)/t18-,23+,27?,28?/m0/s1. The Kier molecular flexibility index (Phi) is 5.20. The van der Waals surface area contributed by atoms with Crippen LogP contribution >= 0.6 is 15.9 Å². The fourth-order valence-corrected chi connectivity index (χ4v) is 6.81. The van der Waals surface area contributed by atoms with Crippen LogP contribution in [0.25, 0.3) is 11.0 Å². The largest absolute Gasteiger partial charge is 0.487 e. The number of benzene rings is 1. The summed E-state index contributed by atoms with van der Waals surface area (Å²) in [5.74, 6) is -0.896. The predicted molar refractivity (Wildman–Crippen MR) is 138 cm³/mol. The number of aliphatic carboxylic acids is 1. The summed E-state index contributed by atoms with van der Waals surface area (Å²) in [6.07, 6.45) is 4.57. The van der Waals surface area contributed by atoms with E-state index in [1.54, 1.807) is 6.08 Å². The molecule has 2 aliphatic carbocycles. The minimum atomic E-state index is -0.926. The van der Waals surface area contributed by atoms with Crippen molar-refractivity contribution in [1.82, 2.24) is 14.5 Å². The number of carboxylic acids is 1. The Morgan fingerprint density at radius 3 is 2.83 bits per heavy atom. The van der Waals surface area contributed by atoms with Crippen molar-refractivity contribution in [1.29, 1.82) is 0 Å². The fraction of sp³-hybridized carbons (Fsp3) is 0.393. The van der Waals surface area contributed by atoms with Crippen LogP contribution in [0.5, 0.6) is 5.75 Å². The van der Waals surface area contributed by atoms with Crippen LogP contribution in [-0.4, -0.2) is 29.9 Å². The fourth-order valence-electron chi connectivity index (χ4n) is 6.19. The molecule has 1 N–H and O–H groups in total. The van der Waals surface area contributed by atoms with Gasteiger partial charge in [-0.15, -0.1) is 0 Å². The molecule has 1 aromatic carbocycles. The molecule has 8 heteroatoms. The zero-order valence-electron chi connectivity index (χ0n) is 20.4. The molecule has 6 nitrogen and oxygen atoms in total. The molecule has 186 valence electrons. The molecular formula is C28H27BrFN3O3. The number of aryl methyl sites for hydroxylation is 1. The highest BCUT2D eigenvalue weighted by molar-refractivity contribution is 9.10. The maximum atomic E-state index is 15.8. The number of pyridine rings is 1. The Bertz CT molecular complexity index is 1470. The van der Waals surface area contributed by atoms with E-state index < -0.39 is 27.5 Å². The molecule has 0 saturated carbocycles. The number of allylic oxidation sites excluding steroid dienone is 4. The van der Waals surface area contributed by atoms with Crippen LogP contribution in [0, 0.1) is 18.3 Å². The number of hydrogen-bond donors (Lipinski definition) is 1. The van der Waals surface area contributed by atoms with E-state index in [0.717, 1.165) is 33.4 Å². The number of nitrogens with zero attached hydrogens (tertiary/aromatic N) is 3. The van der Waals surface area contributed by atoms with Crippen molar-refractivity contribution in [2.75, 3.05) is 0 Å². The van der Waals surface area contributed by atoms with Crippen LogP contribution < -0.4 is 4.74 Å². The van der Waals surface area contributed by atoms with Crippen molar-refractivity contribution in [3.63, 3.8) is 0 Å². The molecule has 0 saturated heterocycles. The van der Waals surface area contributed by atoms with Gasteiger partial charge in [-0.2, -0.15) is 0 Å². The van der Waals surface area contributed by atoms with E-state index in [4.69, 9.17) is 9.72 Å². The van der Waals surface area contributed by atoms with Crippen LogP contribution in [0.3, 0.4) is 0 Å². The molecule has 0 amide bonds.